The van der Waals surface area contributed by atoms with Crippen LogP contribution in [-0.4, -0.2) is 25.3 Å². The summed E-state index contributed by atoms with van der Waals surface area (Å²) in [5.74, 6) is 0.619. The van der Waals surface area contributed by atoms with Gasteiger partial charge in [-0.3, -0.25) is 0 Å². The van der Waals surface area contributed by atoms with Crippen LogP contribution < -0.4 is 10.6 Å². The number of aryl methyl sites for hydroxylation is 1. The maximum absolute atomic E-state index is 11.8. The summed E-state index contributed by atoms with van der Waals surface area (Å²) in [5, 5.41) is 6.08. The molecular formula is C17H25ClN2O2. The summed E-state index contributed by atoms with van der Waals surface area (Å²) < 4.78 is 5.87. The number of urea groups is 1. The summed E-state index contributed by atoms with van der Waals surface area (Å²) in [6, 6.07) is 5.28. The van der Waals surface area contributed by atoms with E-state index in [1.807, 2.05) is 19.1 Å². The number of halogens is 1. The van der Waals surface area contributed by atoms with Gasteiger partial charge in [0.05, 0.1) is 23.4 Å². The zero-order valence-corrected chi connectivity index (χ0v) is 14.1. The first kappa shape index (κ1) is 17.1. The lowest BCUT2D eigenvalue weighted by Crippen LogP contribution is -2.34. The zero-order chi connectivity index (χ0) is 15.9. The molecule has 0 aliphatic heterocycles. The molecule has 0 saturated heterocycles. The van der Waals surface area contributed by atoms with Crippen molar-refractivity contribution in [3.8, 4) is 0 Å². The number of nitrogens with one attached hydrogen (secondary N) is 2. The van der Waals surface area contributed by atoms with Gasteiger partial charge < -0.3 is 15.4 Å². The summed E-state index contributed by atoms with van der Waals surface area (Å²) in [6.07, 6.45) is 5.26. The fourth-order valence-electron chi connectivity index (χ4n) is 2.79. The Balaban J connectivity index is 1.67. The number of amides is 2. The highest BCUT2D eigenvalue weighted by Crippen LogP contribution is 2.26. The quantitative estimate of drug-likeness (QED) is 0.790. The van der Waals surface area contributed by atoms with E-state index in [-0.39, 0.29) is 6.03 Å². The molecule has 0 radical (unpaired) electrons. The molecule has 0 heterocycles. The van der Waals surface area contributed by atoms with Gasteiger partial charge in [0.15, 0.2) is 0 Å². The van der Waals surface area contributed by atoms with Crippen molar-refractivity contribution in [2.45, 2.75) is 45.6 Å². The molecule has 22 heavy (non-hydrogen) atoms. The number of benzene rings is 1. The second-order valence-electron chi connectivity index (χ2n) is 6.04. The predicted octanol–water partition coefficient (Wildman–Crippen LogP) is 4.37. The molecule has 2 N–H and O–H groups in total. The fraction of sp³-hybridized carbons (Fsp3) is 0.588. The summed E-state index contributed by atoms with van der Waals surface area (Å²) in [6.45, 7) is 5.24. The van der Waals surface area contributed by atoms with Gasteiger partial charge in [0, 0.05) is 6.54 Å². The van der Waals surface area contributed by atoms with E-state index >= 15 is 0 Å². The van der Waals surface area contributed by atoms with Gasteiger partial charge in [-0.25, -0.2) is 4.79 Å². The molecule has 2 unspecified atom stereocenters. The minimum absolute atomic E-state index is 0.258. The lowest BCUT2D eigenvalue weighted by atomic mass is 9.88. The van der Waals surface area contributed by atoms with Crippen molar-refractivity contribution in [2.75, 3.05) is 18.5 Å². The average molecular weight is 325 g/mol. The van der Waals surface area contributed by atoms with Crippen LogP contribution in [0, 0.1) is 12.8 Å². The van der Waals surface area contributed by atoms with Gasteiger partial charge in [0.25, 0.3) is 0 Å². The van der Waals surface area contributed by atoms with E-state index in [1.54, 1.807) is 6.07 Å². The molecule has 2 amide bonds. The molecule has 4 nitrogen and oxygen atoms in total. The lowest BCUT2D eigenvalue weighted by Gasteiger charge is -2.28. The minimum atomic E-state index is -0.258. The molecule has 1 aromatic rings. The van der Waals surface area contributed by atoms with Crippen molar-refractivity contribution in [3.05, 3.63) is 28.8 Å². The van der Waals surface area contributed by atoms with Crippen molar-refractivity contribution in [2.24, 2.45) is 5.92 Å². The number of carbonyl (C=O) groups is 1. The van der Waals surface area contributed by atoms with E-state index in [2.05, 4.69) is 17.6 Å². The first-order chi connectivity index (χ1) is 10.6. The Hall–Kier alpha value is -1.26. The molecule has 0 spiro atoms. The molecule has 1 fully saturated rings. The second-order valence-corrected chi connectivity index (χ2v) is 6.44. The Bertz CT molecular complexity index is 507. The largest absolute Gasteiger partial charge is 0.376 e. The highest BCUT2D eigenvalue weighted by molar-refractivity contribution is 6.33. The molecule has 2 rings (SSSR count). The van der Waals surface area contributed by atoms with E-state index in [0.29, 0.717) is 35.9 Å². The molecule has 1 aliphatic carbocycles. The summed E-state index contributed by atoms with van der Waals surface area (Å²) in [7, 11) is 0. The number of hydrogen-bond acceptors (Lipinski definition) is 2. The van der Waals surface area contributed by atoms with Crippen molar-refractivity contribution < 1.29 is 9.53 Å². The van der Waals surface area contributed by atoms with Gasteiger partial charge in [-0.2, -0.15) is 0 Å². The normalized spacial score (nSPS) is 21.4. The van der Waals surface area contributed by atoms with Crippen LogP contribution in [0.1, 0.15) is 38.2 Å². The number of hydrogen-bond donors (Lipinski definition) is 2. The maximum Gasteiger partial charge on any atom is 0.319 e. The van der Waals surface area contributed by atoms with Crippen LogP contribution in [0.4, 0.5) is 10.5 Å². The fourth-order valence-corrected chi connectivity index (χ4v) is 3.08. The van der Waals surface area contributed by atoms with Crippen LogP contribution in [0.2, 0.25) is 5.02 Å². The molecule has 1 aromatic carbocycles. The van der Waals surface area contributed by atoms with Crippen LogP contribution in [0.15, 0.2) is 18.2 Å². The van der Waals surface area contributed by atoms with Crippen LogP contribution >= 0.6 is 11.6 Å². The predicted molar refractivity (Wildman–Crippen MR) is 90.6 cm³/mol. The third-order valence-corrected chi connectivity index (χ3v) is 4.44. The van der Waals surface area contributed by atoms with Crippen molar-refractivity contribution in [1.82, 2.24) is 5.32 Å². The topological polar surface area (TPSA) is 50.4 Å². The molecule has 0 bridgehead atoms. The highest BCUT2D eigenvalue weighted by Gasteiger charge is 2.21. The van der Waals surface area contributed by atoms with E-state index < -0.39 is 0 Å². The summed E-state index contributed by atoms with van der Waals surface area (Å²) >= 11 is 6.09. The first-order valence-electron chi connectivity index (χ1n) is 7.99. The Kier molecular flexibility index (Phi) is 6.52. The van der Waals surface area contributed by atoms with E-state index in [1.165, 1.54) is 19.3 Å². The molecular weight excluding hydrogens is 300 g/mol. The number of rotatable bonds is 5. The molecule has 5 heteroatoms. The van der Waals surface area contributed by atoms with Gasteiger partial charge in [-0.1, -0.05) is 37.4 Å². The van der Waals surface area contributed by atoms with Crippen molar-refractivity contribution in [1.29, 1.82) is 0 Å². The zero-order valence-electron chi connectivity index (χ0n) is 13.3. The minimum Gasteiger partial charge on any atom is -0.376 e. The van der Waals surface area contributed by atoms with Gasteiger partial charge in [-0.05, 0) is 43.4 Å². The third kappa shape index (κ3) is 5.18. The Morgan fingerprint density at radius 1 is 1.36 bits per heavy atom. The Labute approximate surface area is 137 Å². The first-order valence-corrected chi connectivity index (χ1v) is 8.36. The van der Waals surface area contributed by atoms with Gasteiger partial charge >= 0.3 is 6.03 Å². The monoisotopic (exact) mass is 324 g/mol. The molecule has 2 atom stereocenters. The Morgan fingerprint density at radius 3 is 2.86 bits per heavy atom. The van der Waals surface area contributed by atoms with Crippen molar-refractivity contribution >= 4 is 23.3 Å². The summed E-state index contributed by atoms with van der Waals surface area (Å²) in [5.41, 5.74) is 1.68. The van der Waals surface area contributed by atoms with E-state index in [0.717, 1.165) is 12.0 Å². The number of anilines is 1. The number of carbonyl (C=O) groups excluding carboxylic acids is 1. The van der Waals surface area contributed by atoms with Crippen LogP contribution in [0.3, 0.4) is 0 Å². The molecule has 0 aromatic heterocycles. The van der Waals surface area contributed by atoms with Crippen LogP contribution in [-0.2, 0) is 4.74 Å². The second kappa shape index (κ2) is 8.39. The molecule has 1 saturated carbocycles. The number of ether oxygens (including phenoxy) is 1. The standard InChI is InChI=1S/C17H25ClN2O2/c1-12-7-8-15(14(18)11-12)20-17(21)19-9-10-22-16-6-4-3-5-13(16)2/h7-8,11,13,16H,3-6,9-10H2,1-2H3,(H2,19,20,21). The lowest BCUT2D eigenvalue weighted by molar-refractivity contribution is -0.00232. The maximum atomic E-state index is 11.8. The third-order valence-electron chi connectivity index (χ3n) is 4.13. The highest BCUT2D eigenvalue weighted by atomic mass is 35.5. The Morgan fingerprint density at radius 2 is 2.14 bits per heavy atom. The SMILES string of the molecule is Cc1ccc(NC(=O)NCCOC2CCCCC2C)c(Cl)c1. The van der Waals surface area contributed by atoms with Crippen LogP contribution in [0.5, 0.6) is 0 Å². The van der Waals surface area contributed by atoms with Crippen LogP contribution in [0.25, 0.3) is 0 Å². The van der Waals surface area contributed by atoms with E-state index in [9.17, 15) is 4.79 Å². The van der Waals surface area contributed by atoms with E-state index in [4.69, 9.17) is 16.3 Å². The van der Waals surface area contributed by atoms with Gasteiger partial charge in [-0.15, -0.1) is 0 Å². The van der Waals surface area contributed by atoms with Gasteiger partial charge in [0.2, 0.25) is 0 Å². The molecule has 1 aliphatic rings. The average Bonchev–Trinajstić information content (AvgIpc) is 2.48. The summed E-state index contributed by atoms with van der Waals surface area (Å²) in [4.78, 5) is 11.8. The van der Waals surface area contributed by atoms with Gasteiger partial charge in [0.1, 0.15) is 0 Å². The molecule has 122 valence electrons. The smallest absolute Gasteiger partial charge is 0.319 e. The van der Waals surface area contributed by atoms with Crippen molar-refractivity contribution in [3.63, 3.8) is 0 Å².